The van der Waals surface area contributed by atoms with Crippen molar-refractivity contribution in [3.8, 4) is 0 Å². The average molecular weight is 241 g/mol. The fourth-order valence-corrected chi connectivity index (χ4v) is 1.93. The second-order valence-electron chi connectivity index (χ2n) is 6.00. The predicted molar refractivity (Wildman–Crippen MR) is 73.3 cm³/mol. The summed E-state index contributed by atoms with van der Waals surface area (Å²) in [6, 6.07) is 0.467. The molecule has 1 atom stereocenters. The molecule has 0 aromatic rings. The van der Waals surface area contributed by atoms with Gasteiger partial charge in [-0.2, -0.15) is 0 Å². The van der Waals surface area contributed by atoms with Crippen LogP contribution in [0.2, 0.25) is 0 Å². The van der Waals surface area contributed by atoms with E-state index in [9.17, 15) is 0 Å². The molecule has 1 saturated heterocycles. The molecular weight excluding hydrogens is 214 g/mol. The molecule has 1 aliphatic rings. The summed E-state index contributed by atoms with van der Waals surface area (Å²) in [5.74, 6) is 0.541. The van der Waals surface area contributed by atoms with Crippen LogP contribution in [0.25, 0.3) is 0 Å². The Morgan fingerprint density at radius 2 is 2.00 bits per heavy atom. The summed E-state index contributed by atoms with van der Waals surface area (Å²) in [6.45, 7) is 10.3. The first-order chi connectivity index (χ1) is 7.78. The van der Waals surface area contributed by atoms with Gasteiger partial charge in [0.2, 0.25) is 0 Å². The van der Waals surface area contributed by atoms with Crippen LogP contribution in [-0.4, -0.2) is 67.6 Å². The van der Waals surface area contributed by atoms with Crippen LogP contribution in [-0.2, 0) is 0 Å². The van der Waals surface area contributed by atoms with E-state index in [1.807, 2.05) is 0 Å². The van der Waals surface area contributed by atoms with E-state index in [1.165, 1.54) is 0 Å². The maximum atomic E-state index is 5.86. The van der Waals surface area contributed by atoms with Crippen LogP contribution in [0, 0.1) is 0 Å². The van der Waals surface area contributed by atoms with Gasteiger partial charge in [-0.1, -0.05) is 0 Å². The number of likely N-dealkylation sites (N-methyl/N-ethyl adjacent to an activating group) is 2. The number of rotatable bonds is 2. The molecule has 0 saturated carbocycles. The van der Waals surface area contributed by atoms with Crippen molar-refractivity contribution in [2.75, 3.05) is 40.3 Å². The van der Waals surface area contributed by atoms with Crippen LogP contribution >= 0.6 is 0 Å². The van der Waals surface area contributed by atoms with Crippen molar-refractivity contribution in [2.45, 2.75) is 32.4 Å². The van der Waals surface area contributed by atoms with Crippen molar-refractivity contribution in [2.24, 2.45) is 10.7 Å². The Morgan fingerprint density at radius 3 is 2.59 bits per heavy atom. The van der Waals surface area contributed by atoms with Crippen molar-refractivity contribution in [1.82, 2.24) is 15.1 Å². The van der Waals surface area contributed by atoms with E-state index in [0.29, 0.717) is 12.0 Å². The lowest BCUT2D eigenvalue weighted by Gasteiger charge is -2.37. The molecule has 1 heterocycles. The summed E-state index contributed by atoms with van der Waals surface area (Å²) in [7, 11) is 4.31. The van der Waals surface area contributed by atoms with Crippen LogP contribution in [0.5, 0.6) is 0 Å². The summed E-state index contributed by atoms with van der Waals surface area (Å²) in [6.07, 6.45) is 0. The van der Waals surface area contributed by atoms with E-state index < -0.39 is 0 Å². The van der Waals surface area contributed by atoms with Crippen LogP contribution in [0.3, 0.4) is 0 Å². The first-order valence-electron chi connectivity index (χ1n) is 6.25. The highest BCUT2D eigenvalue weighted by molar-refractivity contribution is 5.78. The van der Waals surface area contributed by atoms with Gasteiger partial charge in [-0.15, -0.1) is 0 Å². The Labute approximate surface area is 105 Å². The number of nitrogens with zero attached hydrogens (tertiary/aromatic N) is 3. The van der Waals surface area contributed by atoms with Gasteiger partial charge in [0.15, 0.2) is 5.96 Å². The van der Waals surface area contributed by atoms with Gasteiger partial charge in [-0.05, 0) is 34.9 Å². The summed E-state index contributed by atoms with van der Waals surface area (Å²) in [5, 5.41) is 3.18. The normalized spacial score (nSPS) is 25.0. The maximum Gasteiger partial charge on any atom is 0.189 e. The topological polar surface area (TPSA) is 56.9 Å². The van der Waals surface area contributed by atoms with Gasteiger partial charge in [-0.25, -0.2) is 0 Å². The van der Waals surface area contributed by atoms with Gasteiger partial charge in [0.1, 0.15) is 0 Å². The zero-order valence-electron chi connectivity index (χ0n) is 11.8. The molecule has 5 heteroatoms. The van der Waals surface area contributed by atoms with Crippen LogP contribution in [0.15, 0.2) is 4.99 Å². The molecule has 0 aromatic carbocycles. The third-order valence-corrected chi connectivity index (χ3v) is 2.96. The van der Waals surface area contributed by atoms with Gasteiger partial charge in [0.05, 0.1) is 6.54 Å². The lowest BCUT2D eigenvalue weighted by atomic mass is 10.1. The first kappa shape index (κ1) is 14.3. The molecule has 17 heavy (non-hydrogen) atoms. The number of nitrogens with two attached hydrogens (primary N) is 1. The molecule has 0 bridgehead atoms. The fraction of sp³-hybridized carbons (Fsp3) is 0.917. The van der Waals surface area contributed by atoms with E-state index in [2.05, 4.69) is 55.0 Å². The molecule has 0 radical (unpaired) electrons. The standard InChI is InChI=1S/C12H27N5/c1-12(2,3)15-11(13)14-8-10-9-16(4)6-7-17(10)5/h10H,6-9H2,1-5H3,(H3,13,14,15). The molecule has 0 aromatic heterocycles. The molecule has 0 spiro atoms. The zero-order valence-corrected chi connectivity index (χ0v) is 11.8. The number of hydrogen-bond donors (Lipinski definition) is 2. The van der Waals surface area contributed by atoms with Gasteiger partial charge < -0.3 is 16.0 Å². The molecule has 1 fully saturated rings. The Morgan fingerprint density at radius 1 is 1.35 bits per heavy atom. The predicted octanol–water partition coefficient (Wildman–Crippen LogP) is -0.0650. The Kier molecular flexibility index (Phi) is 4.77. The smallest absolute Gasteiger partial charge is 0.189 e. The average Bonchev–Trinajstić information content (AvgIpc) is 2.17. The first-order valence-corrected chi connectivity index (χ1v) is 6.25. The SMILES string of the molecule is CN1CCN(C)C(CN=C(N)NC(C)(C)C)C1. The van der Waals surface area contributed by atoms with E-state index >= 15 is 0 Å². The zero-order chi connectivity index (χ0) is 13.1. The minimum absolute atomic E-state index is 0.0250. The highest BCUT2D eigenvalue weighted by Crippen LogP contribution is 2.06. The minimum Gasteiger partial charge on any atom is -0.370 e. The summed E-state index contributed by atoms with van der Waals surface area (Å²) >= 11 is 0. The van der Waals surface area contributed by atoms with Gasteiger partial charge in [-0.3, -0.25) is 9.89 Å². The van der Waals surface area contributed by atoms with Crippen molar-refractivity contribution >= 4 is 5.96 Å². The van der Waals surface area contributed by atoms with Gasteiger partial charge in [0.25, 0.3) is 0 Å². The third kappa shape index (κ3) is 5.37. The number of piperazine rings is 1. The van der Waals surface area contributed by atoms with E-state index in [1.54, 1.807) is 0 Å². The van der Waals surface area contributed by atoms with Crippen LogP contribution < -0.4 is 11.1 Å². The molecule has 5 nitrogen and oxygen atoms in total. The van der Waals surface area contributed by atoms with Crippen LogP contribution in [0.4, 0.5) is 0 Å². The quantitative estimate of drug-likeness (QED) is 0.525. The molecule has 100 valence electrons. The Hall–Kier alpha value is -0.810. The van der Waals surface area contributed by atoms with Crippen molar-refractivity contribution in [1.29, 1.82) is 0 Å². The highest BCUT2D eigenvalue weighted by atomic mass is 15.3. The second-order valence-corrected chi connectivity index (χ2v) is 6.00. The van der Waals surface area contributed by atoms with E-state index in [4.69, 9.17) is 5.73 Å². The Balaban J connectivity index is 2.45. The molecule has 3 N–H and O–H groups in total. The minimum atomic E-state index is -0.0250. The molecular formula is C12H27N5. The van der Waals surface area contributed by atoms with Gasteiger partial charge in [0, 0.05) is 31.2 Å². The van der Waals surface area contributed by atoms with Gasteiger partial charge >= 0.3 is 0 Å². The number of aliphatic imine (C=N–C) groups is 1. The fourth-order valence-electron chi connectivity index (χ4n) is 1.93. The molecule has 0 amide bonds. The van der Waals surface area contributed by atoms with E-state index in [0.717, 1.165) is 26.2 Å². The van der Waals surface area contributed by atoms with Crippen molar-refractivity contribution in [3.05, 3.63) is 0 Å². The lowest BCUT2D eigenvalue weighted by molar-refractivity contribution is 0.119. The summed E-state index contributed by atoms with van der Waals surface area (Å²) in [4.78, 5) is 9.13. The number of nitrogens with one attached hydrogen (secondary N) is 1. The largest absolute Gasteiger partial charge is 0.370 e. The summed E-state index contributed by atoms with van der Waals surface area (Å²) in [5.41, 5.74) is 5.84. The number of hydrogen-bond acceptors (Lipinski definition) is 3. The molecule has 1 rings (SSSR count). The van der Waals surface area contributed by atoms with Crippen LogP contribution in [0.1, 0.15) is 20.8 Å². The monoisotopic (exact) mass is 241 g/mol. The van der Waals surface area contributed by atoms with E-state index in [-0.39, 0.29) is 5.54 Å². The molecule has 0 aliphatic carbocycles. The Bertz CT molecular complexity index is 269. The molecule has 1 aliphatic heterocycles. The highest BCUT2D eigenvalue weighted by Gasteiger charge is 2.21. The van der Waals surface area contributed by atoms with Crippen molar-refractivity contribution in [3.63, 3.8) is 0 Å². The second kappa shape index (κ2) is 5.69. The third-order valence-electron chi connectivity index (χ3n) is 2.96. The summed E-state index contributed by atoms with van der Waals surface area (Å²) < 4.78 is 0. The number of guanidine groups is 1. The molecule has 1 unspecified atom stereocenters. The maximum absolute atomic E-state index is 5.86. The lowest BCUT2D eigenvalue weighted by Crippen LogP contribution is -2.52. The van der Waals surface area contributed by atoms with Crippen molar-refractivity contribution < 1.29 is 0 Å².